The maximum Gasteiger partial charge on any atom is 0.318 e. The van der Waals surface area contributed by atoms with Crippen LogP contribution in [-0.2, 0) is 28.7 Å². The molecule has 7 rings (SSSR count). The second kappa shape index (κ2) is 6.03. The molecule has 3 aliphatic carbocycles. The SMILES string of the molecule is CC12C(c3ccccc3)=C(c3ccccc3)C(C)([C@H]3C(=O)OC(=O)[C@H]31)[C@H]1C(=O)OC(=O)[C@H]12. The van der Waals surface area contributed by atoms with E-state index in [2.05, 4.69) is 0 Å². The number of carbonyl (C=O) groups is 4. The maximum atomic E-state index is 13.1. The molecule has 1 saturated carbocycles. The van der Waals surface area contributed by atoms with Crippen molar-refractivity contribution in [1.82, 2.24) is 0 Å². The zero-order valence-corrected chi connectivity index (χ0v) is 17.5. The van der Waals surface area contributed by atoms with E-state index in [1.54, 1.807) is 0 Å². The quantitative estimate of drug-likeness (QED) is 0.539. The molecule has 2 aromatic rings. The number of cyclic esters (lactones) is 4. The summed E-state index contributed by atoms with van der Waals surface area (Å²) in [5.74, 6) is -6.05. The lowest BCUT2D eigenvalue weighted by Crippen LogP contribution is -2.64. The summed E-state index contributed by atoms with van der Waals surface area (Å²) in [6.07, 6.45) is 0. The topological polar surface area (TPSA) is 86.7 Å². The van der Waals surface area contributed by atoms with Crippen LogP contribution in [0.3, 0.4) is 0 Å². The highest BCUT2D eigenvalue weighted by Crippen LogP contribution is 2.76. The summed E-state index contributed by atoms with van der Waals surface area (Å²) in [7, 11) is 0. The van der Waals surface area contributed by atoms with Gasteiger partial charge in [-0.05, 0) is 22.3 Å². The summed E-state index contributed by atoms with van der Waals surface area (Å²) in [6, 6.07) is 19.1. The Kier molecular flexibility index (Phi) is 3.61. The fourth-order valence-electron chi connectivity index (χ4n) is 7.03. The molecule has 0 unspecified atom stereocenters. The van der Waals surface area contributed by atoms with Crippen molar-refractivity contribution in [3.05, 3.63) is 71.8 Å². The number of esters is 4. The molecule has 4 atom stereocenters. The summed E-state index contributed by atoms with van der Waals surface area (Å²) in [5, 5.41) is 0. The van der Waals surface area contributed by atoms with Crippen LogP contribution in [0, 0.1) is 34.5 Å². The predicted octanol–water partition coefficient (Wildman–Crippen LogP) is 3.27. The second-order valence-electron chi connectivity index (χ2n) is 9.44. The normalized spacial score (nSPS) is 37.3. The molecule has 3 fully saturated rings. The van der Waals surface area contributed by atoms with Gasteiger partial charge in [0.15, 0.2) is 0 Å². The van der Waals surface area contributed by atoms with Crippen LogP contribution in [0.2, 0.25) is 0 Å². The minimum atomic E-state index is -1.15. The standard InChI is InChI=1S/C26H20O6/c1-25-15(13-9-5-3-6-10-13)16(14-11-7-4-8-12-14)26(2,19-17(25)21(27)31-23(19)29)20-18(25)22(28)32-24(20)30/h3-12,17-20H,1-2H3/t17-,18-,19+,20+,25?,26?. The van der Waals surface area contributed by atoms with Crippen molar-refractivity contribution in [3.63, 3.8) is 0 Å². The molecule has 2 saturated heterocycles. The second-order valence-corrected chi connectivity index (χ2v) is 9.44. The van der Waals surface area contributed by atoms with Crippen LogP contribution < -0.4 is 0 Å². The van der Waals surface area contributed by atoms with Crippen molar-refractivity contribution in [3.8, 4) is 0 Å². The number of allylic oxidation sites excluding steroid dienone is 2. The van der Waals surface area contributed by atoms with Gasteiger partial charge in [0.2, 0.25) is 0 Å². The van der Waals surface area contributed by atoms with Gasteiger partial charge in [0.25, 0.3) is 0 Å². The van der Waals surface area contributed by atoms with E-state index in [1.807, 2.05) is 74.5 Å². The molecule has 2 aromatic carbocycles. The largest absolute Gasteiger partial charge is 0.393 e. The van der Waals surface area contributed by atoms with Crippen LogP contribution >= 0.6 is 0 Å². The molecular formula is C26H20O6. The van der Waals surface area contributed by atoms with Crippen molar-refractivity contribution < 1.29 is 28.7 Å². The van der Waals surface area contributed by atoms with Crippen LogP contribution in [0.15, 0.2) is 60.7 Å². The Hall–Kier alpha value is -3.54. The number of hydrogen-bond acceptors (Lipinski definition) is 6. The number of benzene rings is 2. The number of ether oxygens (including phenoxy) is 2. The monoisotopic (exact) mass is 428 g/mol. The van der Waals surface area contributed by atoms with E-state index in [0.717, 1.165) is 22.3 Å². The molecule has 6 nitrogen and oxygen atoms in total. The van der Waals surface area contributed by atoms with E-state index in [1.165, 1.54) is 0 Å². The van der Waals surface area contributed by atoms with Crippen molar-refractivity contribution in [2.24, 2.45) is 34.5 Å². The molecule has 6 heteroatoms. The lowest BCUT2D eigenvalue weighted by Gasteiger charge is -2.61. The van der Waals surface area contributed by atoms with E-state index < -0.39 is 58.4 Å². The molecule has 160 valence electrons. The van der Waals surface area contributed by atoms with Gasteiger partial charge in [0.1, 0.15) is 0 Å². The van der Waals surface area contributed by atoms with Crippen LogP contribution in [-0.4, -0.2) is 23.9 Å². The van der Waals surface area contributed by atoms with Gasteiger partial charge in [-0.25, -0.2) is 0 Å². The molecule has 0 spiro atoms. The van der Waals surface area contributed by atoms with Crippen molar-refractivity contribution in [2.75, 3.05) is 0 Å². The van der Waals surface area contributed by atoms with Gasteiger partial charge in [-0.1, -0.05) is 74.5 Å². The highest BCUT2D eigenvalue weighted by Gasteiger charge is 2.80. The summed E-state index contributed by atoms with van der Waals surface area (Å²) in [4.78, 5) is 52.2. The van der Waals surface area contributed by atoms with Crippen LogP contribution in [0.5, 0.6) is 0 Å². The molecule has 0 N–H and O–H groups in total. The third-order valence-electron chi connectivity index (χ3n) is 8.12. The molecule has 0 amide bonds. The lowest BCUT2D eigenvalue weighted by atomic mass is 9.36. The highest BCUT2D eigenvalue weighted by molar-refractivity contribution is 6.13. The fraction of sp³-hybridized carbons (Fsp3) is 0.308. The van der Waals surface area contributed by atoms with Gasteiger partial charge >= 0.3 is 23.9 Å². The van der Waals surface area contributed by atoms with Gasteiger partial charge in [-0.15, -0.1) is 0 Å². The average molecular weight is 428 g/mol. The minimum absolute atomic E-state index is 0.639. The first-order valence-electron chi connectivity index (χ1n) is 10.7. The minimum Gasteiger partial charge on any atom is -0.393 e. The van der Waals surface area contributed by atoms with Gasteiger partial charge in [0.05, 0.1) is 23.7 Å². The Bertz CT molecular complexity index is 1100. The molecule has 5 aliphatic rings. The molecule has 2 heterocycles. The van der Waals surface area contributed by atoms with Crippen LogP contribution in [0.25, 0.3) is 11.1 Å². The van der Waals surface area contributed by atoms with Gasteiger partial charge in [0, 0.05) is 10.8 Å². The Morgan fingerprint density at radius 2 is 0.812 bits per heavy atom. The molecule has 0 radical (unpaired) electrons. The van der Waals surface area contributed by atoms with Crippen molar-refractivity contribution in [2.45, 2.75) is 13.8 Å². The average Bonchev–Trinajstić information content (AvgIpc) is 3.27. The van der Waals surface area contributed by atoms with E-state index >= 15 is 0 Å². The smallest absolute Gasteiger partial charge is 0.318 e. The number of carbonyl (C=O) groups excluding carboxylic acids is 4. The summed E-state index contributed by atoms with van der Waals surface area (Å²) >= 11 is 0. The first-order chi connectivity index (χ1) is 15.3. The predicted molar refractivity (Wildman–Crippen MR) is 112 cm³/mol. The van der Waals surface area contributed by atoms with Gasteiger partial charge < -0.3 is 9.47 Å². The molecular weight excluding hydrogens is 408 g/mol. The molecule has 0 aromatic heterocycles. The third kappa shape index (κ3) is 2.01. The van der Waals surface area contributed by atoms with E-state index in [4.69, 9.17) is 9.47 Å². The van der Waals surface area contributed by atoms with E-state index in [-0.39, 0.29) is 0 Å². The van der Waals surface area contributed by atoms with Crippen LogP contribution in [0.1, 0.15) is 25.0 Å². The van der Waals surface area contributed by atoms with Crippen molar-refractivity contribution in [1.29, 1.82) is 0 Å². The Labute approximate surface area is 184 Å². The first-order valence-corrected chi connectivity index (χ1v) is 10.7. The fourth-order valence-corrected chi connectivity index (χ4v) is 7.03. The van der Waals surface area contributed by atoms with Gasteiger partial charge in [-0.3, -0.25) is 19.2 Å². The zero-order chi connectivity index (χ0) is 22.4. The Morgan fingerprint density at radius 3 is 1.09 bits per heavy atom. The lowest BCUT2D eigenvalue weighted by molar-refractivity contribution is -0.154. The Balaban J connectivity index is 1.80. The van der Waals surface area contributed by atoms with Crippen LogP contribution in [0.4, 0.5) is 0 Å². The molecule has 2 aliphatic heterocycles. The molecule has 2 bridgehead atoms. The van der Waals surface area contributed by atoms with Crippen molar-refractivity contribution >= 4 is 35.0 Å². The van der Waals surface area contributed by atoms with E-state index in [9.17, 15) is 19.2 Å². The summed E-state index contributed by atoms with van der Waals surface area (Å²) < 4.78 is 10.3. The summed E-state index contributed by atoms with van der Waals surface area (Å²) in [6.45, 7) is 3.62. The Morgan fingerprint density at radius 1 is 0.531 bits per heavy atom. The third-order valence-corrected chi connectivity index (χ3v) is 8.12. The maximum absolute atomic E-state index is 13.1. The zero-order valence-electron chi connectivity index (χ0n) is 17.5. The number of rotatable bonds is 2. The highest BCUT2D eigenvalue weighted by atomic mass is 16.6. The first kappa shape index (κ1) is 19.2. The van der Waals surface area contributed by atoms with Gasteiger partial charge in [-0.2, -0.15) is 0 Å². The summed E-state index contributed by atoms with van der Waals surface area (Å²) in [5.41, 5.74) is 0.992. The van der Waals surface area contributed by atoms with E-state index in [0.29, 0.717) is 0 Å². The number of hydrogen-bond donors (Lipinski definition) is 0. The molecule has 32 heavy (non-hydrogen) atoms.